The fourth-order valence-corrected chi connectivity index (χ4v) is 2.00. The van der Waals surface area contributed by atoms with Crippen molar-refractivity contribution in [2.24, 2.45) is 0 Å². The lowest BCUT2D eigenvalue weighted by atomic mass is 10.2. The maximum atomic E-state index is 10.9. The van der Waals surface area contributed by atoms with Gasteiger partial charge in [0.2, 0.25) is 0 Å². The van der Waals surface area contributed by atoms with E-state index in [9.17, 15) is 14.9 Å². The molecule has 94 valence electrons. The summed E-state index contributed by atoms with van der Waals surface area (Å²) in [6.07, 6.45) is 0. The highest BCUT2D eigenvalue weighted by Gasteiger charge is 2.08. The van der Waals surface area contributed by atoms with E-state index < -0.39 is 4.92 Å². The van der Waals surface area contributed by atoms with E-state index in [1.165, 1.54) is 18.2 Å². The van der Waals surface area contributed by atoms with Gasteiger partial charge in [-0.25, -0.2) is 0 Å². The number of nitro benzene ring substituents is 1. The summed E-state index contributed by atoms with van der Waals surface area (Å²) in [5.41, 5.74) is 7.26. The standard InChI is InChI=1S/C10H10N4O3S/c11-8-3-7(14(16)17)1-2-9(8)12-4-6-5-18-10(15)13-6/h1-3,5,12H,4,11H2,(H,13,15). The number of nitrogens with one attached hydrogen (secondary N) is 2. The lowest BCUT2D eigenvalue weighted by Crippen LogP contribution is -2.05. The molecule has 7 nitrogen and oxygen atoms in total. The van der Waals surface area contributed by atoms with Crippen molar-refractivity contribution >= 4 is 28.4 Å². The number of aromatic amines is 1. The molecule has 0 atom stereocenters. The Kier molecular flexibility index (Phi) is 3.28. The summed E-state index contributed by atoms with van der Waals surface area (Å²) in [6.45, 7) is 0.404. The second kappa shape index (κ2) is 4.88. The van der Waals surface area contributed by atoms with Gasteiger partial charge in [0.05, 0.1) is 22.8 Å². The van der Waals surface area contributed by atoms with E-state index in [4.69, 9.17) is 5.73 Å². The smallest absolute Gasteiger partial charge is 0.304 e. The molecular formula is C10H10N4O3S. The fraction of sp³-hybridized carbons (Fsp3) is 0.100. The number of anilines is 2. The van der Waals surface area contributed by atoms with Crippen molar-refractivity contribution in [3.63, 3.8) is 0 Å². The first-order valence-corrected chi connectivity index (χ1v) is 5.88. The highest BCUT2D eigenvalue weighted by Crippen LogP contribution is 2.24. The van der Waals surface area contributed by atoms with Crippen LogP contribution in [0.5, 0.6) is 0 Å². The summed E-state index contributed by atoms with van der Waals surface area (Å²) in [5, 5.41) is 15.2. The molecule has 0 aliphatic carbocycles. The van der Waals surface area contributed by atoms with Crippen molar-refractivity contribution in [3.8, 4) is 0 Å². The lowest BCUT2D eigenvalue weighted by Gasteiger charge is -2.07. The van der Waals surface area contributed by atoms with Crippen LogP contribution in [-0.2, 0) is 6.54 Å². The number of non-ortho nitro benzene ring substituents is 1. The molecule has 4 N–H and O–H groups in total. The minimum absolute atomic E-state index is 0.0537. The van der Waals surface area contributed by atoms with Crippen LogP contribution in [0.1, 0.15) is 5.69 Å². The number of nitrogens with two attached hydrogens (primary N) is 1. The van der Waals surface area contributed by atoms with Crippen molar-refractivity contribution in [1.29, 1.82) is 0 Å². The molecule has 1 aromatic heterocycles. The largest absolute Gasteiger partial charge is 0.397 e. The minimum Gasteiger partial charge on any atom is -0.397 e. The fourth-order valence-electron chi connectivity index (χ4n) is 1.42. The van der Waals surface area contributed by atoms with Gasteiger partial charge >= 0.3 is 4.87 Å². The van der Waals surface area contributed by atoms with Gasteiger partial charge < -0.3 is 16.0 Å². The van der Waals surface area contributed by atoms with Crippen molar-refractivity contribution < 1.29 is 4.92 Å². The number of nitrogens with zero attached hydrogens (tertiary/aromatic N) is 1. The van der Waals surface area contributed by atoms with Crippen LogP contribution in [0.15, 0.2) is 28.4 Å². The monoisotopic (exact) mass is 266 g/mol. The third-order valence-electron chi connectivity index (χ3n) is 2.29. The number of nitro groups is 1. The quantitative estimate of drug-likeness (QED) is 0.441. The summed E-state index contributed by atoms with van der Waals surface area (Å²) in [4.78, 5) is 23.5. The molecule has 0 radical (unpaired) electrons. The van der Waals surface area contributed by atoms with Gasteiger partial charge in [0.1, 0.15) is 0 Å². The number of H-pyrrole nitrogens is 1. The molecule has 1 aromatic carbocycles. The number of hydrogen-bond donors (Lipinski definition) is 3. The first-order chi connectivity index (χ1) is 8.56. The molecular weight excluding hydrogens is 256 g/mol. The molecule has 0 aliphatic heterocycles. The maximum Gasteiger partial charge on any atom is 0.304 e. The molecule has 0 spiro atoms. The number of hydrogen-bond acceptors (Lipinski definition) is 6. The van der Waals surface area contributed by atoms with Crippen LogP contribution < -0.4 is 15.9 Å². The molecule has 0 aliphatic rings. The molecule has 0 bridgehead atoms. The second-order valence-corrected chi connectivity index (χ2v) is 4.40. The first-order valence-electron chi connectivity index (χ1n) is 5.01. The van der Waals surface area contributed by atoms with Crippen LogP contribution in [0, 0.1) is 10.1 Å². The second-order valence-electron chi connectivity index (χ2n) is 3.56. The van der Waals surface area contributed by atoms with Gasteiger partial charge in [-0.1, -0.05) is 11.3 Å². The Morgan fingerprint density at radius 2 is 2.28 bits per heavy atom. The van der Waals surface area contributed by atoms with Crippen molar-refractivity contribution in [3.05, 3.63) is 49.1 Å². The SMILES string of the molecule is Nc1cc([N+](=O)[O-])ccc1NCc1csc(=O)[nH]1. The van der Waals surface area contributed by atoms with E-state index in [2.05, 4.69) is 10.3 Å². The maximum absolute atomic E-state index is 10.9. The average molecular weight is 266 g/mol. The minimum atomic E-state index is -0.503. The summed E-state index contributed by atoms with van der Waals surface area (Å²) in [5.74, 6) is 0. The Balaban J connectivity index is 2.10. The van der Waals surface area contributed by atoms with Gasteiger partial charge in [-0.05, 0) is 6.07 Å². The molecule has 8 heteroatoms. The van der Waals surface area contributed by atoms with Crippen LogP contribution in [-0.4, -0.2) is 9.91 Å². The molecule has 0 saturated carbocycles. The highest BCUT2D eigenvalue weighted by molar-refractivity contribution is 7.07. The Labute approximate surface area is 105 Å². The number of nitrogen functional groups attached to an aromatic ring is 1. The van der Waals surface area contributed by atoms with E-state index in [1.54, 1.807) is 5.38 Å². The number of rotatable bonds is 4. The molecule has 0 amide bonds. The Bertz CT molecular complexity index is 634. The van der Waals surface area contributed by atoms with E-state index in [-0.39, 0.29) is 10.6 Å². The molecule has 0 fully saturated rings. The Morgan fingerprint density at radius 3 is 2.83 bits per heavy atom. The van der Waals surface area contributed by atoms with Crippen LogP contribution >= 0.6 is 11.3 Å². The predicted molar refractivity (Wildman–Crippen MR) is 69.8 cm³/mol. The van der Waals surface area contributed by atoms with Crippen LogP contribution in [0.3, 0.4) is 0 Å². The zero-order valence-electron chi connectivity index (χ0n) is 9.17. The third kappa shape index (κ3) is 2.66. The summed E-state index contributed by atoms with van der Waals surface area (Å²) in [7, 11) is 0. The van der Waals surface area contributed by atoms with E-state index in [0.717, 1.165) is 17.0 Å². The van der Waals surface area contributed by atoms with Crippen LogP contribution in [0.4, 0.5) is 17.1 Å². The van der Waals surface area contributed by atoms with Crippen LogP contribution in [0.25, 0.3) is 0 Å². The zero-order chi connectivity index (χ0) is 13.1. The first kappa shape index (κ1) is 12.1. The number of thiazole rings is 1. The normalized spacial score (nSPS) is 10.2. The van der Waals surface area contributed by atoms with Gasteiger partial charge in [-0.3, -0.25) is 14.9 Å². The van der Waals surface area contributed by atoms with Gasteiger partial charge in [-0.15, -0.1) is 0 Å². The summed E-state index contributed by atoms with van der Waals surface area (Å²) < 4.78 is 0. The molecule has 0 unspecified atom stereocenters. The number of benzene rings is 1. The zero-order valence-corrected chi connectivity index (χ0v) is 9.99. The molecule has 1 heterocycles. The summed E-state index contributed by atoms with van der Waals surface area (Å²) in [6, 6.07) is 4.20. The van der Waals surface area contributed by atoms with Gasteiger partial charge in [-0.2, -0.15) is 0 Å². The Hall–Kier alpha value is -2.35. The van der Waals surface area contributed by atoms with E-state index in [1.807, 2.05) is 0 Å². The average Bonchev–Trinajstić information content (AvgIpc) is 2.73. The van der Waals surface area contributed by atoms with Gasteiger partial charge in [0, 0.05) is 23.2 Å². The van der Waals surface area contributed by atoms with Crippen molar-refractivity contribution in [2.45, 2.75) is 6.54 Å². The predicted octanol–water partition coefficient (Wildman–Crippen LogP) is 1.54. The third-order valence-corrected chi connectivity index (χ3v) is 3.00. The number of aromatic nitrogens is 1. The van der Waals surface area contributed by atoms with E-state index in [0.29, 0.717) is 17.9 Å². The molecule has 2 aromatic rings. The molecule has 18 heavy (non-hydrogen) atoms. The summed E-state index contributed by atoms with van der Waals surface area (Å²) >= 11 is 1.08. The van der Waals surface area contributed by atoms with Gasteiger partial charge in [0.15, 0.2) is 0 Å². The lowest BCUT2D eigenvalue weighted by molar-refractivity contribution is -0.384. The van der Waals surface area contributed by atoms with Gasteiger partial charge in [0.25, 0.3) is 5.69 Å². The topological polar surface area (TPSA) is 114 Å². The highest BCUT2D eigenvalue weighted by atomic mass is 32.1. The Morgan fingerprint density at radius 1 is 1.50 bits per heavy atom. The molecule has 2 rings (SSSR count). The van der Waals surface area contributed by atoms with E-state index >= 15 is 0 Å². The van der Waals surface area contributed by atoms with Crippen molar-refractivity contribution in [2.75, 3.05) is 11.1 Å². The van der Waals surface area contributed by atoms with Crippen molar-refractivity contribution in [1.82, 2.24) is 4.98 Å². The molecule has 0 saturated heterocycles. The van der Waals surface area contributed by atoms with Crippen LogP contribution in [0.2, 0.25) is 0 Å².